The van der Waals surface area contributed by atoms with Crippen molar-refractivity contribution in [1.29, 1.82) is 0 Å². The first kappa shape index (κ1) is 11.7. The highest BCUT2D eigenvalue weighted by Crippen LogP contribution is 2.19. The lowest BCUT2D eigenvalue weighted by molar-refractivity contribution is -0.149. The summed E-state index contributed by atoms with van der Waals surface area (Å²) in [6.07, 6.45) is 1.58. The van der Waals surface area contributed by atoms with Gasteiger partial charge in [-0.25, -0.2) is 4.79 Å². The molecule has 1 heterocycles. The maximum Gasteiger partial charge on any atom is 0.328 e. The van der Waals surface area contributed by atoms with E-state index in [0.717, 1.165) is 13.0 Å². The summed E-state index contributed by atoms with van der Waals surface area (Å²) >= 11 is 0. The summed E-state index contributed by atoms with van der Waals surface area (Å²) < 4.78 is 4.57. The van der Waals surface area contributed by atoms with Crippen LogP contribution < -0.4 is 5.32 Å². The number of esters is 1. The van der Waals surface area contributed by atoms with E-state index in [2.05, 4.69) is 10.1 Å². The second kappa shape index (κ2) is 4.64. The molecule has 2 N–H and O–H groups in total. The van der Waals surface area contributed by atoms with Gasteiger partial charge in [-0.1, -0.05) is 0 Å². The third-order valence-electron chi connectivity index (χ3n) is 2.09. The van der Waals surface area contributed by atoms with E-state index < -0.39 is 5.54 Å². The van der Waals surface area contributed by atoms with Crippen LogP contribution in [0.2, 0.25) is 0 Å². The first-order valence-corrected chi connectivity index (χ1v) is 3.69. The molecule has 1 rings (SSSR count). The molecule has 12 heavy (non-hydrogen) atoms. The molecule has 0 aliphatic carbocycles. The summed E-state index contributed by atoms with van der Waals surface area (Å²) in [5.74, 6) is -0.363. The molecule has 4 nitrogen and oxygen atoms in total. The highest BCUT2D eigenvalue weighted by Gasteiger charge is 2.41. The van der Waals surface area contributed by atoms with Crippen LogP contribution >= 0.6 is 12.4 Å². The van der Waals surface area contributed by atoms with Crippen molar-refractivity contribution in [2.75, 3.05) is 20.3 Å². The van der Waals surface area contributed by atoms with Crippen molar-refractivity contribution < 1.29 is 14.6 Å². The highest BCUT2D eigenvalue weighted by molar-refractivity contribution is 5.85. The minimum absolute atomic E-state index is 0. The molecule has 0 aromatic rings. The molecule has 0 aromatic carbocycles. The minimum atomic E-state index is -0.811. The van der Waals surface area contributed by atoms with Gasteiger partial charge in [0.1, 0.15) is 5.54 Å². The number of methoxy groups -OCH3 is 1. The summed E-state index contributed by atoms with van der Waals surface area (Å²) in [6, 6.07) is 0. The minimum Gasteiger partial charge on any atom is -0.468 e. The fourth-order valence-corrected chi connectivity index (χ4v) is 1.38. The number of halogens is 1. The Kier molecular flexibility index (Phi) is 4.52. The molecule has 1 atom stereocenters. The zero-order valence-corrected chi connectivity index (χ0v) is 7.82. The predicted octanol–water partition coefficient (Wildman–Crippen LogP) is -0.304. The quantitative estimate of drug-likeness (QED) is 0.594. The maximum atomic E-state index is 11.1. The summed E-state index contributed by atoms with van der Waals surface area (Å²) in [4.78, 5) is 11.1. The number of ether oxygens (including phenoxy) is 1. The third kappa shape index (κ3) is 1.88. The van der Waals surface area contributed by atoms with Crippen molar-refractivity contribution in [3.8, 4) is 0 Å². The lowest BCUT2D eigenvalue weighted by Crippen LogP contribution is -2.51. The van der Waals surface area contributed by atoms with Gasteiger partial charge in [0.15, 0.2) is 0 Å². The Bertz CT molecular complexity index is 157. The van der Waals surface area contributed by atoms with Crippen molar-refractivity contribution in [1.82, 2.24) is 5.32 Å². The number of carbonyl (C=O) groups is 1. The lowest BCUT2D eigenvalue weighted by Gasteiger charge is -2.23. The number of nitrogens with one attached hydrogen (secondary N) is 1. The Morgan fingerprint density at radius 1 is 1.75 bits per heavy atom. The van der Waals surface area contributed by atoms with Crippen LogP contribution in [-0.4, -0.2) is 36.9 Å². The first-order chi connectivity index (χ1) is 5.25. The smallest absolute Gasteiger partial charge is 0.328 e. The van der Waals surface area contributed by atoms with Crippen molar-refractivity contribution in [2.24, 2.45) is 0 Å². The molecular formula is C7H14ClNO3. The molecule has 72 valence electrons. The van der Waals surface area contributed by atoms with E-state index in [0.29, 0.717) is 6.42 Å². The molecule has 5 heteroatoms. The average Bonchev–Trinajstić information content (AvgIpc) is 2.52. The van der Waals surface area contributed by atoms with E-state index in [4.69, 9.17) is 5.11 Å². The number of rotatable bonds is 2. The van der Waals surface area contributed by atoms with E-state index in [1.165, 1.54) is 7.11 Å². The Morgan fingerprint density at radius 2 is 2.42 bits per heavy atom. The summed E-state index contributed by atoms with van der Waals surface area (Å²) in [7, 11) is 1.33. The zero-order valence-electron chi connectivity index (χ0n) is 7.00. The molecule has 1 aliphatic heterocycles. The van der Waals surface area contributed by atoms with Gasteiger partial charge in [-0.3, -0.25) is 5.32 Å². The van der Waals surface area contributed by atoms with Crippen LogP contribution in [0.1, 0.15) is 12.8 Å². The molecule has 0 unspecified atom stereocenters. The number of hydrogen-bond donors (Lipinski definition) is 2. The monoisotopic (exact) mass is 195 g/mol. The van der Waals surface area contributed by atoms with Crippen LogP contribution in [0.5, 0.6) is 0 Å². The van der Waals surface area contributed by atoms with Gasteiger partial charge in [0.25, 0.3) is 0 Å². The van der Waals surface area contributed by atoms with Gasteiger partial charge >= 0.3 is 5.97 Å². The van der Waals surface area contributed by atoms with Gasteiger partial charge < -0.3 is 9.84 Å². The van der Waals surface area contributed by atoms with Crippen molar-refractivity contribution >= 4 is 18.4 Å². The Balaban J connectivity index is 0.00000121. The number of aliphatic hydroxyl groups excluding tert-OH is 1. The molecule has 0 amide bonds. The summed E-state index contributed by atoms with van der Waals surface area (Å²) in [5, 5.41) is 11.9. The molecule has 0 aromatic heterocycles. The SMILES string of the molecule is COC(=O)[C@@]1(CO)CCCN1.Cl. The van der Waals surface area contributed by atoms with E-state index >= 15 is 0 Å². The molecule has 1 saturated heterocycles. The normalized spacial score (nSPS) is 27.8. The van der Waals surface area contributed by atoms with Crippen LogP contribution in [0.25, 0.3) is 0 Å². The molecule has 0 spiro atoms. The van der Waals surface area contributed by atoms with Crippen molar-refractivity contribution in [3.05, 3.63) is 0 Å². The summed E-state index contributed by atoms with van der Waals surface area (Å²) in [5.41, 5.74) is -0.811. The molecule has 1 fully saturated rings. The fourth-order valence-electron chi connectivity index (χ4n) is 1.38. The Labute approximate surface area is 77.7 Å². The van der Waals surface area contributed by atoms with Gasteiger partial charge in [-0.05, 0) is 19.4 Å². The van der Waals surface area contributed by atoms with Gasteiger partial charge in [-0.2, -0.15) is 0 Å². The molecule has 0 bridgehead atoms. The molecule has 0 saturated carbocycles. The van der Waals surface area contributed by atoms with Crippen molar-refractivity contribution in [2.45, 2.75) is 18.4 Å². The maximum absolute atomic E-state index is 11.1. The number of aliphatic hydroxyl groups is 1. The second-order valence-corrected chi connectivity index (χ2v) is 2.76. The van der Waals surface area contributed by atoms with Gasteiger partial charge in [0.2, 0.25) is 0 Å². The predicted molar refractivity (Wildman–Crippen MR) is 46.3 cm³/mol. The van der Waals surface area contributed by atoms with Crippen molar-refractivity contribution in [3.63, 3.8) is 0 Å². The van der Waals surface area contributed by atoms with Crippen LogP contribution in [0.15, 0.2) is 0 Å². The van der Waals surface area contributed by atoms with E-state index in [-0.39, 0.29) is 25.0 Å². The Morgan fingerprint density at radius 3 is 2.75 bits per heavy atom. The standard InChI is InChI=1S/C7H13NO3.ClH/c1-11-6(10)7(5-9)3-2-4-8-7;/h8-9H,2-5H2,1H3;1H/t7-;/m0./s1. The van der Waals surface area contributed by atoms with Gasteiger partial charge in [-0.15, -0.1) is 12.4 Å². The Hall–Kier alpha value is -0.320. The average molecular weight is 196 g/mol. The first-order valence-electron chi connectivity index (χ1n) is 3.69. The van der Waals surface area contributed by atoms with E-state index in [1.807, 2.05) is 0 Å². The summed E-state index contributed by atoms with van der Waals surface area (Å²) in [6.45, 7) is 0.593. The number of hydrogen-bond acceptors (Lipinski definition) is 4. The topological polar surface area (TPSA) is 58.6 Å². The lowest BCUT2D eigenvalue weighted by atomic mass is 9.99. The van der Waals surface area contributed by atoms with Crippen LogP contribution in [0, 0.1) is 0 Å². The van der Waals surface area contributed by atoms with Gasteiger partial charge in [0.05, 0.1) is 13.7 Å². The highest BCUT2D eigenvalue weighted by atomic mass is 35.5. The second-order valence-electron chi connectivity index (χ2n) is 2.76. The van der Waals surface area contributed by atoms with Gasteiger partial charge in [0, 0.05) is 0 Å². The number of carbonyl (C=O) groups excluding carboxylic acids is 1. The largest absolute Gasteiger partial charge is 0.468 e. The van der Waals surface area contributed by atoms with Crippen LogP contribution in [-0.2, 0) is 9.53 Å². The molecule has 0 radical (unpaired) electrons. The van der Waals surface area contributed by atoms with E-state index in [1.54, 1.807) is 0 Å². The van der Waals surface area contributed by atoms with E-state index in [9.17, 15) is 4.79 Å². The molecular weight excluding hydrogens is 182 g/mol. The third-order valence-corrected chi connectivity index (χ3v) is 2.09. The molecule has 1 aliphatic rings. The van der Waals surface area contributed by atoms with Crippen LogP contribution in [0.4, 0.5) is 0 Å². The zero-order chi connectivity index (χ0) is 8.32. The van der Waals surface area contributed by atoms with Crippen LogP contribution in [0.3, 0.4) is 0 Å². The fraction of sp³-hybridized carbons (Fsp3) is 0.857.